The van der Waals surface area contributed by atoms with Gasteiger partial charge in [-0.2, -0.15) is 0 Å². The molecule has 110 valence electrons. The van der Waals surface area contributed by atoms with E-state index in [9.17, 15) is 4.79 Å². The monoisotopic (exact) mass is 304 g/mol. The second kappa shape index (κ2) is 6.15. The molecule has 7 nitrogen and oxygen atoms in total. The van der Waals surface area contributed by atoms with Gasteiger partial charge < -0.3 is 10.6 Å². The van der Waals surface area contributed by atoms with Crippen molar-refractivity contribution in [3.8, 4) is 0 Å². The first-order chi connectivity index (χ1) is 10.2. The summed E-state index contributed by atoms with van der Waals surface area (Å²) >= 11 is 1.60. The summed E-state index contributed by atoms with van der Waals surface area (Å²) in [4.78, 5) is 28.7. The van der Waals surface area contributed by atoms with E-state index < -0.39 is 0 Å². The van der Waals surface area contributed by atoms with Gasteiger partial charge in [-0.3, -0.25) is 9.69 Å². The lowest BCUT2D eigenvalue weighted by Gasteiger charge is -2.34. The van der Waals surface area contributed by atoms with E-state index in [4.69, 9.17) is 5.73 Å². The highest BCUT2D eigenvalue weighted by molar-refractivity contribution is 7.07. The molecule has 0 bridgehead atoms. The highest BCUT2D eigenvalue weighted by atomic mass is 32.1. The zero-order valence-corrected chi connectivity index (χ0v) is 12.3. The molecule has 1 aliphatic heterocycles. The second-order valence-electron chi connectivity index (χ2n) is 4.84. The first kappa shape index (κ1) is 13.9. The Kier molecular flexibility index (Phi) is 4.07. The lowest BCUT2D eigenvalue weighted by molar-refractivity contribution is 0.0622. The smallest absolute Gasteiger partial charge is 0.276 e. The number of anilines is 1. The van der Waals surface area contributed by atoms with Crippen LogP contribution in [0.25, 0.3) is 0 Å². The number of thiazole rings is 1. The third-order valence-electron chi connectivity index (χ3n) is 3.46. The van der Waals surface area contributed by atoms with E-state index in [1.54, 1.807) is 16.2 Å². The third-order valence-corrected chi connectivity index (χ3v) is 4.09. The SMILES string of the molecule is Nc1nccnc1C(=O)N1CCN(Cc2cscn2)CC1. The molecule has 0 saturated carbocycles. The number of carbonyl (C=O) groups excluding carboxylic acids is 1. The van der Waals surface area contributed by atoms with E-state index in [-0.39, 0.29) is 17.4 Å². The minimum absolute atomic E-state index is 0.145. The van der Waals surface area contributed by atoms with Crippen LogP contribution in [0.1, 0.15) is 16.2 Å². The normalized spacial score (nSPS) is 16.1. The Hall–Kier alpha value is -2.06. The minimum Gasteiger partial charge on any atom is -0.382 e. The number of hydrogen-bond acceptors (Lipinski definition) is 7. The summed E-state index contributed by atoms with van der Waals surface area (Å²) in [6.07, 6.45) is 2.97. The van der Waals surface area contributed by atoms with Gasteiger partial charge in [0.1, 0.15) is 0 Å². The van der Waals surface area contributed by atoms with Gasteiger partial charge in [-0.25, -0.2) is 15.0 Å². The van der Waals surface area contributed by atoms with Gasteiger partial charge in [0.25, 0.3) is 5.91 Å². The summed E-state index contributed by atoms with van der Waals surface area (Å²) in [7, 11) is 0. The van der Waals surface area contributed by atoms with Crippen LogP contribution in [0.5, 0.6) is 0 Å². The van der Waals surface area contributed by atoms with Gasteiger partial charge in [0.15, 0.2) is 11.5 Å². The summed E-state index contributed by atoms with van der Waals surface area (Å²) in [5, 5.41) is 2.05. The Morgan fingerprint density at radius 3 is 2.62 bits per heavy atom. The van der Waals surface area contributed by atoms with Crippen LogP contribution in [0.3, 0.4) is 0 Å². The number of carbonyl (C=O) groups is 1. The number of amides is 1. The van der Waals surface area contributed by atoms with E-state index in [0.717, 1.165) is 25.3 Å². The largest absolute Gasteiger partial charge is 0.382 e. The maximum absolute atomic E-state index is 12.4. The predicted octanol–water partition coefficient (Wildman–Crippen LogP) is 0.473. The first-order valence-corrected chi connectivity index (χ1v) is 7.63. The van der Waals surface area contributed by atoms with E-state index >= 15 is 0 Å². The number of nitrogens with two attached hydrogens (primary N) is 1. The van der Waals surface area contributed by atoms with Crippen molar-refractivity contribution in [1.29, 1.82) is 0 Å². The number of nitrogen functional groups attached to an aromatic ring is 1. The van der Waals surface area contributed by atoms with E-state index in [1.807, 2.05) is 5.51 Å². The molecule has 1 aliphatic rings. The van der Waals surface area contributed by atoms with Crippen molar-refractivity contribution in [2.24, 2.45) is 0 Å². The van der Waals surface area contributed by atoms with Gasteiger partial charge in [-0.05, 0) is 0 Å². The van der Waals surface area contributed by atoms with Crippen molar-refractivity contribution in [3.63, 3.8) is 0 Å². The molecule has 8 heteroatoms. The van der Waals surface area contributed by atoms with Gasteiger partial charge in [0.2, 0.25) is 0 Å². The van der Waals surface area contributed by atoms with Gasteiger partial charge in [-0.15, -0.1) is 11.3 Å². The number of piperazine rings is 1. The fourth-order valence-corrected chi connectivity index (χ4v) is 2.87. The standard InChI is InChI=1S/C13H16N6OS/c14-12-11(15-1-2-16-12)13(20)19-5-3-18(4-6-19)7-10-8-21-9-17-10/h1-2,8-9H,3-7H2,(H2,14,16). The Balaban J connectivity index is 1.58. The fourth-order valence-electron chi connectivity index (χ4n) is 2.32. The van der Waals surface area contributed by atoms with Crippen molar-refractivity contribution in [2.45, 2.75) is 6.54 Å². The summed E-state index contributed by atoms with van der Waals surface area (Å²) in [6, 6.07) is 0. The molecule has 0 aromatic carbocycles. The molecule has 0 unspecified atom stereocenters. The molecule has 3 heterocycles. The molecule has 21 heavy (non-hydrogen) atoms. The molecular formula is C13H16N6OS. The van der Waals surface area contributed by atoms with Crippen LogP contribution in [0, 0.1) is 0 Å². The maximum Gasteiger partial charge on any atom is 0.276 e. The lowest BCUT2D eigenvalue weighted by Crippen LogP contribution is -2.48. The van der Waals surface area contributed by atoms with Crippen LogP contribution in [-0.4, -0.2) is 56.8 Å². The highest BCUT2D eigenvalue weighted by Crippen LogP contribution is 2.12. The molecule has 1 fully saturated rings. The average Bonchev–Trinajstić information content (AvgIpc) is 3.01. The molecule has 3 rings (SSSR count). The molecule has 0 aliphatic carbocycles. The summed E-state index contributed by atoms with van der Waals surface area (Å²) in [5.74, 6) is 0.0429. The molecule has 0 spiro atoms. The number of aromatic nitrogens is 3. The zero-order chi connectivity index (χ0) is 14.7. The number of nitrogens with zero attached hydrogens (tertiary/aromatic N) is 5. The zero-order valence-electron chi connectivity index (χ0n) is 11.5. The molecule has 1 amide bonds. The number of hydrogen-bond donors (Lipinski definition) is 1. The van der Waals surface area contributed by atoms with Crippen LogP contribution in [-0.2, 0) is 6.54 Å². The molecule has 0 radical (unpaired) electrons. The molecular weight excluding hydrogens is 288 g/mol. The summed E-state index contributed by atoms with van der Waals surface area (Å²) in [5.41, 5.74) is 8.87. The van der Waals surface area contributed by atoms with Crippen LogP contribution >= 0.6 is 11.3 Å². The topological polar surface area (TPSA) is 88.2 Å². The van der Waals surface area contributed by atoms with E-state index in [0.29, 0.717) is 13.1 Å². The van der Waals surface area contributed by atoms with Crippen molar-refractivity contribution >= 4 is 23.1 Å². The van der Waals surface area contributed by atoms with Crippen LogP contribution < -0.4 is 5.73 Å². The summed E-state index contributed by atoms with van der Waals surface area (Å²) < 4.78 is 0. The number of rotatable bonds is 3. The van der Waals surface area contributed by atoms with Gasteiger partial charge in [0, 0.05) is 50.5 Å². The van der Waals surface area contributed by atoms with Gasteiger partial charge in [-0.1, -0.05) is 0 Å². The molecule has 0 atom stereocenters. The minimum atomic E-state index is -0.145. The fraction of sp³-hybridized carbons (Fsp3) is 0.385. The van der Waals surface area contributed by atoms with E-state index in [1.165, 1.54) is 12.4 Å². The van der Waals surface area contributed by atoms with Crippen molar-refractivity contribution in [1.82, 2.24) is 24.8 Å². The quantitative estimate of drug-likeness (QED) is 0.887. The molecule has 2 aromatic rings. The van der Waals surface area contributed by atoms with E-state index in [2.05, 4.69) is 25.2 Å². The summed E-state index contributed by atoms with van der Waals surface area (Å²) in [6.45, 7) is 3.81. The van der Waals surface area contributed by atoms with Crippen LogP contribution in [0.15, 0.2) is 23.3 Å². The average molecular weight is 304 g/mol. The Morgan fingerprint density at radius 1 is 1.19 bits per heavy atom. The van der Waals surface area contributed by atoms with Crippen molar-refractivity contribution in [2.75, 3.05) is 31.9 Å². The third kappa shape index (κ3) is 3.17. The van der Waals surface area contributed by atoms with Crippen LogP contribution in [0.4, 0.5) is 5.82 Å². The van der Waals surface area contributed by atoms with Gasteiger partial charge in [0.05, 0.1) is 11.2 Å². The Morgan fingerprint density at radius 2 is 1.95 bits per heavy atom. The predicted molar refractivity (Wildman–Crippen MR) is 79.7 cm³/mol. The Bertz CT molecular complexity index is 609. The molecule has 1 saturated heterocycles. The maximum atomic E-state index is 12.4. The second-order valence-corrected chi connectivity index (χ2v) is 5.56. The van der Waals surface area contributed by atoms with Gasteiger partial charge >= 0.3 is 0 Å². The highest BCUT2D eigenvalue weighted by Gasteiger charge is 2.24. The first-order valence-electron chi connectivity index (χ1n) is 6.69. The molecule has 2 N–H and O–H groups in total. The Labute approximate surface area is 126 Å². The molecule has 2 aromatic heterocycles. The van der Waals surface area contributed by atoms with Crippen molar-refractivity contribution < 1.29 is 4.79 Å². The van der Waals surface area contributed by atoms with Crippen LogP contribution in [0.2, 0.25) is 0 Å². The van der Waals surface area contributed by atoms with Crippen molar-refractivity contribution in [3.05, 3.63) is 34.7 Å². The lowest BCUT2D eigenvalue weighted by atomic mass is 10.2.